The van der Waals surface area contributed by atoms with Gasteiger partial charge in [-0.15, -0.1) is 0 Å². The highest BCUT2D eigenvalue weighted by Gasteiger charge is 2.52. The van der Waals surface area contributed by atoms with Gasteiger partial charge in [-0.3, -0.25) is 19.3 Å². The molecule has 7 nitrogen and oxygen atoms in total. The Kier molecular flexibility index (Phi) is 5.29. The summed E-state index contributed by atoms with van der Waals surface area (Å²) < 4.78 is 0. The third-order valence-corrected chi connectivity index (χ3v) is 4.99. The second-order valence-electron chi connectivity index (χ2n) is 7.04. The molecule has 0 N–H and O–H groups in total. The Labute approximate surface area is 168 Å². The number of benzene rings is 1. The molecule has 1 atom stereocenters. The van der Waals surface area contributed by atoms with Crippen molar-refractivity contribution >= 4 is 23.8 Å². The lowest BCUT2D eigenvalue weighted by molar-refractivity contribution is -0.164. The van der Waals surface area contributed by atoms with Gasteiger partial charge in [0.05, 0.1) is 0 Å². The normalized spacial score (nSPS) is 20.7. The van der Waals surface area contributed by atoms with E-state index in [1.807, 2.05) is 36.4 Å². The molecule has 0 saturated carbocycles. The van der Waals surface area contributed by atoms with E-state index < -0.39 is 17.4 Å². The lowest BCUT2D eigenvalue weighted by atomic mass is 9.86. The van der Waals surface area contributed by atoms with Gasteiger partial charge in [-0.25, -0.2) is 4.98 Å². The number of piperazine rings is 1. The summed E-state index contributed by atoms with van der Waals surface area (Å²) in [5.74, 6) is -1.50. The topological polar surface area (TPSA) is 94.4 Å². The first-order valence-electron chi connectivity index (χ1n) is 9.03. The molecule has 1 aromatic heterocycles. The average molecular weight is 388 g/mol. The van der Waals surface area contributed by atoms with Gasteiger partial charge in [-0.2, -0.15) is 5.26 Å². The minimum Gasteiger partial charge on any atom is -0.309 e. The minimum absolute atomic E-state index is 0.0141. The van der Waals surface area contributed by atoms with Crippen LogP contribution in [0, 0.1) is 11.3 Å². The van der Waals surface area contributed by atoms with Crippen molar-refractivity contribution in [1.82, 2.24) is 14.8 Å². The Hall–Kier alpha value is -3.79. The molecule has 1 aliphatic rings. The molecule has 0 aliphatic carbocycles. The summed E-state index contributed by atoms with van der Waals surface area (Å²) in [4.78, 5) is 45.3. The van der Waals surface area contributed by atoms with E-state index in [2.05, 4.69) is 4.98 Å². The first-order valence-corrected chi connectivity index (χ1v) is 9.03. The van der Waals surface area contributed by atoms with Crippen LogP contribution in [0.5, 0.6) is 0 Å². The molecular weight excluding hydrogens is 368 g/mol. The Bertz CT molecular complexity index is 1060. The molecule has 3 amide bonds. The Balaban J connectivity index is 2.10. The van der Waals surface area contributed by atoms with E-state index in [1.54, 1.807) is 19.1 Å². The molecule has 2 heterocycles. The van der Waals surface area contributed by atoms with E-state index in [-0.39, 0.29) is 23.7 Å². The van der Waals surface area contributed by atoms with E-state index in [4.69, 9.17) is 0 Å². The van der Waals surface area contributed by atoms with E-state index in [1.165, 1.54) is 31.1 Å². The maximum Gasteiger partial charge on any atom is 0.278 e. The second kappa shape index (κ2) is 7.68. The van der Waals surface area contributed by atoms with Crippen molar-refractivity contribution in [3.8, 4) is 6.07 Å². The maximum absolute atomic E-state index is 13.3. The van der Waals surface area contributed by atoms with Crippen molar-refractivity contribution in [1.29, 1.82) is 5.26 Å². The molecule has 1 fully saturated rings. The Morgan fingerprint density at radius 1 is 1.21 bits per heavy atom. The zero-order valence-electron chi connectivity index (χ0n) is 16.4. The fraction of sp³-hybridized carbons (Fsp3) is 0.227. The molecule has 3 rings (SSSR count). The van der Waals surface area contributed by atoms with Crippen molar-refractivity contribution < 1.29 is 14.4 Å². The van der Waals surface area contributed by atoms with Crippen LogP contribution in [0.3, 0.4) is 0 Å². The van der Waals surface area contributed by atoms with Crippen molar-refractivity contribution in [2.75, 3.05) is 7.05 Å². The van der Waals surface area contributed by atoms with E-state index in [9.17, 15) is 19.6 Å². The number of pyridine rings is 1. The molecule has 1 aliphatic heterocycles. The molecule has 1 aromatic carbocycles. The third kappa shape index (κ3) is 3.52. The molecule has 29 heavy (non-hydrogen) atoms. The SMILES string of the molecule is CC(=O)N1C(=O)C(=Cc2cccnc2C#N)N(C)C(=O)C1(C)Cc1ccccc1. The van der Waals surface area contributed by atoms with E-state index in [0.717, 1.165) is 10.5 Å². The molecule has 0 radical (unpaired) electrons. The number of hydrogen-bond acceptors (Lipinski definition) is 5. The lowest BCUT2D eigenvalue weighted by Gasteiger charge is -2.45. The van der Waals surface area contributed by atoms with Crippen LogP contribution in [-0.4, -0.2) is 45.1 Å². The van der Waals surface area contributed by atoms with Crippen molar-refractivity contribution in [3.05, 3.63) is 71.2 Å². The standard InChI is InChI=1S/C22H20N4O3/c1-15(27)26-20(28)19(12-17-10-7-11-24-18(17)14-23)25(3)21(29)22(26,2)13-16-8-5-4-6-9-16/h4-12H,13H2,1-3H3. The fourth-order valence-corrected chi connectivity index (χ4v) is 3.62. The molecule has 1 saturated heterocycles. The molecular formula is C22H20N4O3. The number of aromatic nitrogens is 1. The van der Waals surface area contributed by atoms with Gasteiger partial charge < -0.3 is 4.90 Å². The van der Waals surface area contributed by atoms with Gasteiger partial charge in [0, 0.05) is 32.2 Å². The lowest BCUT2D eigenvalue weighted by Crippen LogP contribution is -2.67. The highest BCUT2D eigenvalue weighted by Crippen LogP contribution is 2.32. The van der Waals surface area contributed by atoms with Crippen LogP contribution in [0.1, 0.15) is 30.7 Å². The summed E-state index contributed by atoms with van der Waals surface area (Å²) in [6.07, 6.45) is 3.09. The van der Waals surface area contributed by atoms with Gasteiger partial charge in [-0.05, 0) is 24.6 Å². The summed E-state index contributed by atoms with van der Waals surface area (Å²) in [6.45, 7) is 2.86. The molecule has 1 unspecified atom stereocenters. The summed E-state index contributed by atoms with van der Waals surface area (Å²) >= 11 is 0. The quantitative estimate of drug-likeness (QED) is 0.751. The minimum atomic E-state index is -1.36. The maximum atomic E-state index is 13.3. The summed E-state index contributed by atoms with van der Waals surface area (Å²) in [5, 5.41) is 9.25. The second-order valence-corrected chi connectivity index (χ2v) is 7.04. The number of imide groups is 1. The number of hydrogen-bond donors (Lipinski definition) is 0. The zero-order chi connectivity index (χ0) is 21.2. The average Bonchev–Trinajstić information content (AvgIpc) is 2.70. The largest absolute Gasteiger partial charge is 0.309 e. The van der Waals surface area contributed by atoms with Crippen LogP contribution in [-0.2, 0) is 20.8 Å². The predicted octanol–water partition coefficient (Wildman–Crippen LogP) is 2.14. The number of carbonyl (C=O) groups is 3. The monoisotopic (exact) mass is 388 g/mol. The first-order chi connectivity index (χ1) is 13.8. The van der Waals surface area contributed by atoms with Gasteiger partial charge in [0.2, 0.25) is 5.91 Å². The van der Waals surface area contributed by atoms with Crippen molar-refractivity contribution in [3.63, 3.8) is 0 Å². The van der Waals surface area contributed by atoms with Gasteiger partial charge in [-0.1, -0.05) is 36.4 Å². The summed E-state index contributed by atoms with van der Waals surface area (Å²) in [7, 11) is 1.50. The van der Waals surface area contributed by atoms with Crippen LogP contribution < -0.4 is 0 Å². The highest BCUT2D eigenvalue weighted by molar-refractivity contribution is 6.15. The molecule has 0 spiro atoms. The van der Waals surface area contributed by atoms with Gasteiger partial charge >= 0.3 is 0 Å². The van der Waals surface area contributed by atoms with Crippen molar-refractivity contribution in [2.24, 2.45) is 0 Å². The smallest absolute Gasteiger partial charge is 0.278 e. The number of likely N-dealkylation sites (N-methyl/N-ethyl adjacent to an activating group) is 1. The van der Waals surface area contributed by atoms with Crippen molar-refractivity contribution in [2.45, 2.75) is 25.8 Å². The predicted molar refractivity (Wildman–Crippen MR) is 106 cm³/mol. The van der Waals surface area contributed by atoms with Gasteiger partial charge in [0.25, 0.3) is 11.8 Å². The molecule has 2 aromatic rings. The van der Waals surface area contributed by atoms with Gasteiger partial charge in [0.1, 0.15) is 23.0 Å². The third-order valence-electron chi connectivity index (χ3n) is 4.99. The number of carbonyl (C=O) groups excluding carboxylic acids is 3. The first kappa shape index (κ1) is 20.0. The van der Waals surface area contributed by atoms with Crippen LogP contribution >= 0.6 is 0 Å². The van der Waals surface area contributed by atoms with Crippen LogP contribution in [0.2, 0.25) is 0 Å². The van der Waals surface area contributed by atoms with Crippen LogP contribution in [0.4, 0.5) is 0 Å². The number of nitrogens with zero attached hydrogens (tertiary/aromatic N) is 4. The summed E-state index contributed by atoms with van der Waals surface area (Å²) in [5.41, 5.74) is 0.0138. The van der Waals surface area contributed by atoms with Crippen LogP contribution in [0.25, 0.3) is 6.08 Å². The Morgan fingerprint density at radius 3 is 2.52 bits per heavy atom. The van der Waals surface area contributed by atoms with Gasteiger partial charge in [0.15, 0.2) is 0 Å². The Morgan fingerprint density at radius 2 is 1.90 bits per heavy atom. The highest BCUT2D eigenvalue weighted by atomic mass is 16.2. The zero-order valence-corrected chi connectivity index (χ0v) is 16.4. The van der Waals surface area contributed by atoms with E-state index >= 15 is 0 Å². The summed E-state index contributed by atoms with van der Waals surface area (Å²) in [6, 6.07) is 14.4. The fourth-order valence-electron chi connectivity index (χ4n) is 3.62. The number of amides is 3. The molecule has 0 bridgehead atoms. The number of nitriles is 1. The molecule has 7 heteroatoms. The number of rotatable bonds is 3. The van der Waals surface area contributed by atoms with Crippen LogP contribution in [0.15, 0.2) is 54.4 Å². The molecule has 146 valence electrons. The van der Waals surface area contributed by atoms with E-state index in [0.29, 0.717) is 5.56 Å².